The van der Waals surface area contributed by atoms with Gasteiger partial charge in [0.2, 0.25) is 5.91 Å². The summed E-state index contributed by atoms with van der Waals surface area (Å²) in [5.74, 6) is -0.115. The van der Waals surface area contributed by atoms with E-state index in [1.165, 1.54) is 0 Å². The zero-order valence-electron chi connectivity index (χ0n) is 7.53. The molecule has 0 aliphatic carbocycles. The number of amides is 1. The largest absolute Gasteiger partial charge is 0.354 e. The first-order chi connectivity index (χ1) is 5.45. The van der Waals surface area contributed by atoms with Crippen LogP contribution < -0.4 is 5.32 Å². The Kier molecular flexibility index (Phi) is 5.57. The molecule has 5 heteroatoms. The van der Waals surface area contributed by atoms with E-state index in [1.807, 2.05) is 6.92 Å². The minimum absolute atomic E-state index is 0.000957. The molecule has 0 aromatic carbocycles. The molecule has 0 rings (SSSR count). The van der Waals surface area contributed by atoms with Gasteiger partial charge in [-0.05, 0) is 13.8 Å². The Hall–Kier alpha value is -0.0300. The molecule has 12 heavy (non-hydrogen) atoms. The van der Waals surface area contributed by atoms with Gasteiger partial charge in [0.1, 0.15) is 0 Å². The van der Waals surface area contributed by atoms with Gasteiger partial charge in [-0.25, -0.2) is 0 Å². The van der Waals surface area contributed by atoms with Crippen LogP contribution >= 0.6 is 12.6 Å². The summed E-state index contributed by atoms with van der Waals surface area (Å²) in [5, 5.41) is 2.35. The van der Waals surface area contributed by atoms with E-state index in [0.717, 1.165) is 0 Å². The summed E-state index contributed by atoms with van der Waals surface area (Å²) in [6, 6.07) is 0. The van der Waals surface area contributed by atoms with Gasteiger partial charge in [-0.3, -0.25) is 9.00 Å². The van der Waals surface area contributed by atoms with Gasteiger partial charge in [0.25, 0.3) is 0 Å². The predicted octanol–water partition coefficient (Wildman–Crippen LogP) is 0.188. The normalized spacial score (nSPS) is 18.0. The van der Waals surface area contributed by atoms with E-state index in [-0.39, 0.29) is 16.4 Å². The second-order valence-corrected chi connectivity index (χ2v) is 5.31. The summed E-state index contributed by atoms with van der Waals surface area (Å²) in [6.07, 6.45) is 1.63. The molecule has 72 valence electrons. The maximum absolute atomic E-state index is 11.0. The number of hydrogen-bond acceptors (Lipinski definition) is 3. The van der Waals surface area contributed by atoms with Crippen LogP contribution in [-0.4, -0.2) is 33.4 Å². The summed E-state index contributed by atoms with van der Waals surface area (Å²) < 4.78 is 10.9. The molecule has 1 amide bonds. The highest BCUT2D eigenvalue weighted by Gasteiger charge is 2.10. The van der Waals surface area contributed by atoms with Crippen molar-refractivity contribution in [2.75, 3.05) is 12.8 Å². The quantitative estimate of drug-likeness (QED) is 0.649. The van der Waals surface area contributed by atoms with Gasteiger partial charge in [-0.1, -0.05) is 0 Å². The maximum atomic E-state index is 11.0. The van der Waals surface area contributed by atoms with Gasteiger partial charge in [-0.15, -0.1) is 0 Å². The molecule has 0 saturated carbocycles. The second kappa shape index (κ2) is 5.59. The highest BCUT2D eigenvalue weighted by atomic mass is 32.2. The average Bonchev–Trinajstić information content (AvgIpc) is 1.98. The Labute approximate surface area is 81.2 Å². The van der Waals surface area contributed by atoms with Crippen LogP contribution in [0.4, 0.5) is 0 Å². The molecule has 0 aliphatic rings. The molecule has 3 unspecified atom stereocenters. The number of carbonyl (C=O) groups is 1. The molecule has 3 atom stereocenters. The van der Waals surface area contributed by atoms with Gasteiger partial charge in [-0.2, -0.15) is 12.6 Å². The average molecular weight is 209 g/mol. The molecule has 0 saturated heterocycles. The van der Waals surface area contributed by atoms with Crippen molar-refractivity contribution in [1.82, 2.24) is 5.32 Å². The minimum atomic E-state index is -0.880. The molecule has 3 nitrogen and oxygen atoms in total. The van der Waals surface area contributed by atoms with E-state index in [2.05, 4.69) is 17.9 Å². The van der Waals surface area contributed by atoms with Crippen LogP contribution in [-0.2, 0) is 15.6 Å². The first-order valence-corrected chi connectivity index (χ1v) is 5.87. The molecule has 0 heterocycles. The van der Waals surface area contributed by atoms with Crippen molar-refractivity contribution in [2.24, 2.45) is 0 Å². The molecule has 0 spiro atoms. The fourth-order valence-electron chi connectivity index (χ4n) is 0.509. The van der Waals surface area contributed by atoms with Crippen molar-refractivity contribution in [3.05, 3.63) is 0 Å². The van der Waals surface area contributed by atoms with Crippen molar-refractivity contribution >= 4 is 29.3 Å². The Balaban J connectivity index is 3.69. The van der Waals surface area contributed by atoms with E-state index in [9.17, 15) is 9.00 Å². The molecular weight excluding hydrogens is 194 g/mol. The Bertz CT molecular complexity index is 182. The van der Waals surface area contributed by atoms with Crippen molar-refractivity contribution in [2.45, 2.75) is 24.3 Å². The van der Waals surface area contributed by atoms with E-state index in [1.54, 1.807) is 13.2 Å². The molecule has 0 bridgehead atoms. The molecule has 0 fully saturated rings. The van der Waals surface area contributed by atoms with Gasteiger partial charge in [0.15, 0.2) is 0 Å². The van der Waals surface area contributed by atoms with Crippen molar-refractivity contribution in [1.29, 1.82) is 0 Å². The highest BCUT2D eigenvalue weighted by Crippen LogP contribution is 1.94. The third-order valence-corrected chi connectivity index (χ3v) is 3.04. The Morgan fingerprint density at radius 1 is 1.58 bits per heavy atom. The van der Waals surface area contributed by atoms with Gasteiger partial charge >= 0.3 is 0 Å². The van der Waals surface area contributed by atoms with E-state index in [0.29, 0.717) is 6.54 Å². The highest BCUT2D eigenvalue weighted by molar-refractivity contribution is 7.84. The van der Waals surface area contributed by atoms with Crippen LogP contribution in [0.1, 0.15) is 13.8 Å². The Morgan fingerprint density at radius 3 is 2.42 bits per heavy atom. The lowest BCUT2D eigenvalue weighted by Gasteiger charge is -2.10. The molecule has 0 aromatic heterocycles. The SMILES string of the molecule is CC(S)C(=O)NCC(C)S(C)=O. The lowest BCUT2D eigenvalue weighted by atomic mass is 10.4. The zero-order valence-corrected chi connectivity index (χ0v) is 9.24. The van der Waals surface area contributed by atoms with Crippen LogP contribution in [0.15, 0.2) is 0 Å². The van der Waals surface area contributed by atoms with Crippen molar-refractivity contribution < 1.29 is 9.00 Å². The molecule has 1 N–H and O–H groups in total. The lowest BCUT2D eigenvalue weighted by molar-refractivity contribution is -0.120. The maximum Gasteiger partial charge on any atom is 0.232 e. The van der Waals surface area contributed by atoms with Gasteiger partial charge in [0, 0.05) is 28.9 Å². The van der Waals surface area contributed by atoms with Gasteiger partial charge in [0.05, 0.1) is 5.25 Å². The topological polar surface area (TPSA) is 46.2 Å². The number of carbonyl (C=O) groups excluding carboxylic acids is 1. The van der Waals surface area contributed by atoms with Crippen LogP contribution in [0.3, 0.4) is 0 Å². The van der Waals surface area contributed by atoms with Crippen LogP contribution in [0.25, 0.3) is 0 Å². The summed E-state index contributed by atoms with van der Waals surface area (Å²) in [4.78, 5) is 11.0. The molecular formula is C7H15NO2S2. The third kappa shape index (κ3) is 4.77. The number of rotatable bonds is 4. The molecule has 0 radical (unpaired) electrons. The number of hydrogen-bond donors (Lipinski definition) is 2. The fraction of sp³-hybridized carbons (Fsp3) is 0.857. The van der Waals surface area contributed by atoms with Crippen molar-refractivity contribution in [3.63, 3.8) is 0 Å². The third-order valence-electron chi connectivity index (χ3n) is 1.51. The fourth-order valence-corrected chi connectivity index (χ4v) is 0.919. The number of nitrogens with one attached hydrogen (secondary N) is 1. The van der Waals surface area contributed by atoms with E-state index in [4.69, 9.17) is 0 Å². The molecule has 0 aliphatic heterocycles. The minimum Gasteiger partial charge on any atom is -0.354 e. The van der Waals surface area contributed by atoms with Crippen LogP contribution in [0, 0.1) is 0 Å². The number of thiol groups is 1. The summed E-state index contributed by atoms with van der Waals surface area (Å²) in [6.45, 7) is 3.98. The molecule has 0 aromatic rings. The van der Waals surface area contributed by atoms with E-state index < -0.39 is 10.8 Å². The van der Waals surface area contributed by atoms with Gasteiger partial charge < -0.3 is 5.32 Å². The Morgan fingerprint density at radius 2 is 2.08 bits per heavy atom. The van der Waals surface area contributed by atoms with Crippen molar-refractivity contribution in [3.8, 4) is 0 Å². The standard InChI is InChI=1S/C7H15NO2S2/c1-5(12(3)10)4-8-7(9)6(2)11/h5-6,11H,4H2,1-3H3,(H,8,9). The second-order valence-electron chi connectivity index (χ2n) is 2.73. The van der Waals surface area contributed by atoms with E-state index >= 15 is 0 Å². The first kappa shape index (κ1) is 12.0. The van der Waals surface area contributed by atoms with Crippen LogP contribution in [0.2, 0.25) is 0 Å². The summed E-state index contributed by atoms with van der Waals surface area (Å²) >= 11 is 3.96. The predicted molar refractivity (Wildman–Crippen MR) is 55.0 cm³/mol. The lowest BCUT2D eigenvalue weighted by Crippen LogP contribution is -2.36. The smallest absolute Gasteiger partial charge is 0.232 e. The van der Waals surface area contributed by atoms with Crippen LogP contribution in [0.5, 0.6) is 0 Å². The first-order valence-electron chi connectivity index (χ1n) is 3.73. The zero-order chi connectivity index (χ0) is 9.72. The monoisotopic (exact) mass is 209 g/mol. The summed E-state index contributed by atoms with van der Waals surface area (Å²) in [7, 11) is -0.880. The summed E-state index contributed by atoms with van der Waals surface area (Å²) in [5.41, 5.74) is 0.